The molecule has 1 saturated heterocycles. The average Bonchev–Trinajstić information content (AvgIpc) is 2.35. The molecular formula is C17H29NO4S. The smallest absolute Gasteiger partial charge is 0.294 e. The first-order valence-corrected chi connectivity index (χ1v) is 9.25. The normalized spacial score (nSPS) is 19.8. The summed E-state index contributed by atoms with van der Waals surface area (Å²) in [6.45, 7) is 14.1. The quantitative estimate of drug-likeness (QED) is 0.807. The van der Waals surface area contributed by atoms with E-state index in [9.17, 15) is 8.42 Å². The molecular weight excluding hydrogens is 314 g/mol. The lowest BCUT2D eigenvalue weighted by Gasteiger charge is -2.41. The standard InChI is InChI=1S/C9H12O3S.C8H17NO/c1-7(2)8-5-3-4-6-9(8)13(10,11)12;1-7(2)5-9-6-8(3,4)10-7/h3-7H,1-2H3,(H,10,11,12);9H,5-6H2,1-4H3. The summed E-state index contributed by atoms with van der Waals surface area (Å²) >= 11 is 0. The second kappa shape index (κ2) is 7.30. The molecule has 1 heterocycles. The van der Waals surface area contributed by atoms with E-state index >= 15 is 0 Å². The van der Waals surface area contributed by atoms with Gasteiger partial charge in [-0.3, -0.25) is 4.55 Å². The number of hydrogen-bond acceptors (Lipinski definition) is 4. The molecule has 5 nitrogen and oxygen atoms in total. The Hall–Kier alpha value is -0.950. The summed E-state index contributed by atoms with van der Waals surface area (Å²) in [7, 11) is -4.08. The Morgan fingerprint density at radius 1 is 1.09 bits per heavy atom. The molecule has 0 aromatic heterocycles. The molecule has 0 aliphatic carbocycles. The van der Waals surface area contributed by atoms with E-state index < -0.39 is 10.1 Å². The van der Waals surface area contributed by atoms with Gasteiger partial charge in [-0.2, -0.15) is 8.42 Å². The third-order valence-corrected chi connectivity index (χ3v) is 4.40. The van der Waals surface area contributed by atoms with Crippen molar-refractivity contribution < 1.29 is 17.7 Å². The van der Waals surface area contributed by atoms with Gasteiger partial charge in [-0.05, 0) is 45.2 Å². The Balaban J connectivity index is 0.000000238. The summed E-state index contributed by atoms with van der Waals surface area (Å²) < 4.78 is 36.5. The van der Waals surface area contributed by atoms with Gasteiger partial charge >= 0.3 is 0 Å². The molecule has 0 atom stereocenters. The lowest BCUT2D eigenvalue weighted by atomic mass is 10.0. The van der Waals surface area contributed by atoms with Crippen LogP contribution >= 0.6 is 0 Å². The zero-order valence-electron chi connectivity index (χ0n) is 14.9. The molecule has 1 aromatic carbocycles. The van der Waals surface area contributed by atoms with Crippen LogP contribution in [0.2, 0.25) is 0 Å². The highest BCUT2D eigenvalue weighted by molar-refractivity contribution is 7.85. The van der Waals surface area contributed by atoms with Gasteiger partial charge in [-0.25, -0.2) is 0 Å². The molecule has 0 amide bonds. The molecule has 0 saturated carbocycles. The van der Waals surface area contributed by atoms with E-state index in [1.54, 1.807) is 18.2 Å². The number of nitrogens with one attached hydrogen (secondary N) is 1. The zero-order valence-corrected chi connectivity index (χ0v) is 15.7. The number of benzene rings is 1. The van der Waals surface area contributed by atoms with Crippen molar-refractivity contribution in [3.05, 3.63) is 29.8 Å². The van der Waals surface area contributed by atoms with Crippen molar-refractivity contribution in [2.24, 2.45) is 0 Å². The van der Waals surface area contributed by atoms with E-state index in [0.717, 1.165) is 13.1 Å². The minimum absolute atomic E-state index is 0.00174. The maximum absolute atomic E-state index is 10.9. The van der Waals surface area contributed by atoms with Crippen LogP contribution in [0, 0.1) is 0 Å². The molecule has 23 heavy (non-hydrogen) atoms. The molecule has 6 heteroatoms. The second-order valence-electron chi connectivity index (χ2n) is 7.39. The highest BCUT2D eigenvalue weighted by Crippen LogP contribution is 2.23. The van der Waals surface area contributed by atoms with Crippen LogP contribution < -0.4 is 5.32 Å². The van der Waals surface area contributed by atoms with Gasteiger partial charge in [0.15, 0.2) is 0 Å². The fourth-order valence-corrected chi connectivity index (χ4v) is 3.53. The predicted octanol–water partition coefficient (Wildman–Crippen LogP) is 3.22. The topological polar surface area (TPSA) is 75.6 Å². The summed E-state index contributed by atoms with van der Waals surface area (Å²) in [5.41, 5.74) is 0.647. The lowest BCUT2D eigenvalue weighted by molar-refractivity contribution is -0.142. The first-order valence-electron chi connectivity index (χ1n) is 7.81. The Labute approximate surface area is 140 Å². The summed E-state index contributed by atoms with van der Waals surface area (Å²) in [5.74, 6) is 0.0816. The molecule has 0 bridgehead atoms. The first kappa shape index (κ1) is 20.1. The fourth-order valence-electron chi connectivity index (χ4n) is 2.68. The molecule has 2 N–H and O–H groups in total. The highest BCUT2D eigenvalue weighted by atomic mass is 32.2. The molecule has 1 aliphatic rings. The molecule has 1 fully saturated rings. The van der Waals surface area contributed by atoms with Crippen LogP contribution in [0.3, 0.4) is 0 Å². The van der Waals surface area contributed by atoms with Crippen molar-refractivity contribution in [2.75, 3.05) is 13.1 Å². The van der Waals surface area contributed by atoms with E-state index in [4.69, 9.17) is 9.29 Å². The summed E-state index contributed by atoms with van der Waals surface area (Å²) in [6, 6.07) is 6.46. The van der Waals surface area contributed by atoms with Crippen LogP contribution in [0.4, 0.5) is 0 Å². The predicted molar refractivity (Wildman–Crippen MR) is 92.5 cm³/mol. The zero-order chi connectivity index (χ0) is 17.9. The Morgan fingerprint density at radius 3 is 1.87 bits per heavy atom. The summed E-state index contributed by atoms with van der Waals surface area (Å²) in [6.07, 6.45) is 0. The maximum atomic E-state index is 10.9. The van der Waals surface area contributed by atoms with E-state index in [0.29, 0.717) is 5.56 Å². The second-order valence-corrected chi connectivity index (χ2v) is 8.78. The van der Waals surface area contributed by atoms with Crippen LogP contribution in [0.25, 0.3) is 0 Å². The van der Waals surface area contributed by atoms with Crippen molar-refractivity contribution in [1.82, 2.24) is 5.32 Å². The molecule has 132 valence electrons. The number of ether oxygens (including phenoxy) is 1. The number of morpholine rings is 1. The molecule has 0 radical (unpaired) electrons. The van der Waals surface area contributed by atoms with E-state index in [2.05, 4.69) is 33.0 Å². The molecule has 0 spiro atoms. The van der Waals surface area contributed by atoms with Gasteiger partial charge in [-0.1, -0.05) is 32.0 Å². The Morgan fingerprint density at radius 2 is 1.57 bits per heavy atom. The molecule has 2 rings (SSSR count). The van der Waals surface area contributed by atoms with Crippen molar-refractivity contribution in [3.63, 3.8) is 0 Å². The van der Waals surface area contributed by atoms with Gasteiger partial charge in [-0.15, -0.1) is 0 Å². The van der Waals surface area contributed by atoms with Gasteiger partial charge in [0.25, 0.3) is 10.1 Å². The van der Waals surface area contributed by atoms with Crippen LogP contribution in [0.15, 0.2) is 29.2 Å². The van der Waals surface area contributed by atoms with Crippen LogP contribution in [-0.2, 0) is 14.9 Å². The minimum Gasteiger partial charge on any atom is -0.367 e. The summed E-state index contributed by atoms with van der Waals surface area (Å²) in [4.78, 5) is 0.00463. The molecule has 0 unspecified atom stereocenters. The Bertz CT molecular complexity index is 607. The van der Waals surface area contributed by atoms with Gasteiger partial charge in [0.1, 0.15) is 0 Å². The fraction of sp³-hybridized carbons (Fsp3) is 0.647. The minimum atomic E-state index is -4.08. The number of rotatable bonds is 2. The third kappa shape index (κ3) is 6.59. The van der Waals surface area contributed by atoms with Crippen molar-refractivity contribution >= 4 is 10.1 Å². The van der Waals surface area contributed by atoms with Crippen LogP contribution in [-0.4, -0.2) is 37.3 Å². The first-order chi connectivity index (χ1) is 10.3. The van der Waals surface area contributed by atoms with Crippen LogP contribution in [0.5, 0.6) is 0 Å². The van der Waals surface area contributed by atoms with Crippen molar-refractivity contribution in [3.8, 4) is 0 Å². The molecule has 1 aliphatic heterocycles. The largest absolute Gasteiger partial charge is 0.367 e. The van der Waals surface area contributed by atoms with Gasteiger partial charge < -0.3 is 10.1 Å². The Kier molecular flexibility index (Phi) is 6.38. The lowest BCUT2D eigenvalue weighted by Crippen LogP contribution is -2.55. The van der Waals surface area contributed by atoms with Crippen molar-refractivity contribution in [2.45, 2.75) is 63.6 Å². The van der Waals surface area contributed by atoms with Gasteiger partial charge in [0.05, 0.1) is 16.1 Å². The van der Waals surface area contributed by atoms with E-state index in [1.165, 1.54) is 6.07 Å². The average molecular weight is 343 g/mol. The summed E-state index contributed by atoms with van der Waals surface area (Å²) in [5, 5.41) is 3.34. The third-order valence-electron chi connectivity index (χ3n) is 3.47. The van der Waals surface area contributed by atoms with Gasteiger partial charge in [0, 0.05) is 13.1 Å². The monoisotopic (exact) mass is 343 g/mol. The van der Waals surface area contributed by atoms with Crippen molar-refractivity contribution in [1.29, 1.82) is 0 Å². The van der Waals surface area contributed by atoms with E-state index in [1.807, 2.05) is 13.8 Å². The SMILES string of the molecule is CC(C)c1ccccc1S(=O)(=O)O.CC1(C)CNCC(C)(C)O1. The van der Waals surface area contributed by atoms with Gasteiger partial charge in [0.2, 0.25) is 0 Å². The van der Waals surface area contributed by atoms with Crippen LogP contribution in [0.1, 0.15) is 53.0 Å². The number of hydrogen-bond donors (Lipinski definition) is 2. The highest BCUT2D eigenvalue weighted by Gasteiger charge is 2.33. The van der Waals surface area contributed by atoms with E-state index in [-0.39, 0.29) is 22.0 Å². The maximum Gasteiger partial charge on any atom is 0.294 e. The molecule has 1 aromatic rings.